The molecule has 2 fully saturated rings. The van der Waals surface area contributed by atoms with E-state index in [0.717, 1.165) is 5.56 Å². The minimum atomic E-state index is -0.810. The highest BCUT2D eigenvalue weighted by Gasteiger charge is 2.66. The highest BCUT2D eigenvalue weighted by atomic mass is 16.7. The summed E-state index contributed by atoms with van der Waals surface area (Å²) in [6, 6.07) is 8.94. The third-order valence-corrected chi connectivity index (χ3v) is 7.22. The van der Waals surface area contributed by atoms with Gasteiger partial charge in [0.05, 0.1) is 45.8 Å². The third kappa shape index (κ3) is 3.35. The van der Waals surface area contributed by atoms with Crippen LogP contribution in [0.15, 0.2) is 42.5 Å². The molecule has 4 heterocycles. The number of likely N-dealkylation sites (tertiary alicyclic amines) is 1. The van der Waals surface area contributed by atoms with Gasteiger partial charge in [-0.1, -0.05) is 18.2 Å². The van der Waals surface area contributed by atoms with Crippen molar-refractivity contribution in [1.82, 2.24) is 4.90 Å². The van der Waals surface area contributed by atoms with Gasteiger partial charge in [0.25, 0.3) is 0 Å². The minimum Gasteiger partial charge on any atom is -0.493 e. The number of rotatable bonds is 7. The molecular formula is C26H26N2O8. The van der Waals surface area contributed by atoms with Crippen molar-refractivity contribution in [3.05, 3.63) is 48.0 Å². The Labute approximate surface area is 207 Å². The monoisotopic (exact) mass is 494 g/mol. The predicted molar refractivity (Wildman–Crippen MR) is 126 cm³/mol. The molecule has 0 unspecified atom stereocenters. The second-order valence-electron chi connectivity index (χ2n) is 9.19. The lowest BCUT2D eigenvalue weighted by Crippen LogP contribution is -2.41. The van der Waals surface area contributed by atoms with Crippen molar-refractivity contribution >= 4 is 17.5 Å². The van der Waals surface area contributed by atoms with Gasteiger partial charge in [0, 0.05) is 24.4 Å². The number of benzene rings is 2. The molecule has 0 radical (unpaired) electrons. The van der Waals surface area contributed by atoms with E-state index in [4.69, 9.17) is 28.4 Å². The zero-order valence-electron chi connectivity index (χ0n) is 20.1. The molecule has 10 nitrogen and oxygen atoms in total. The van der Waals surface area contributed by atoms with E-state index in [1.54, 1.807) is 17.0 Å². The number of methoxy groups -OCH3 is 3. The van der Waals surface area contributed by atoms with Gasteiger partial charge in [-0.3, -0.25) is 9.59 Å². The van der Waals surface area contributed by atoms with Gasteiger partial charge in [0.1, 0.15) is 5.60 Å². The number of ether oxygens (including phenoxy) is 6. The summed E-state index contributed by atoms with van der Waals surface area (Å²) in [5, 5.41) is 2.92. The topological polar surface area (TPSA) is 105 Å². The van der Waals surface area contributed by atoms with Crippen LogP contribution >= 0.6 is 0 Å². The minimum absolute atomic E-state index is 0.107. The highest BCUT2D eigenvalue weighted by Crippen LogP contribution is 2.52. The maximum Gasteiger partial charge on any atom is 0.231 e. The number of carbonyl (C=O) groups is 2. The summed E-state index contributed by atoms with van der Waals surface area (Å²) in [7, 11) is 4.53. The van der Waals surface area contributed by atoms with Gasteiger partial charge in [-0.15, -0.1) is 0 Å². The Morgan fingerprint density at radius 1 is 1.08 bits per heavy atom. The Hall–Kier alpha value is -3.92. The molecule has 6 rings (SSSR count). The number of fused-ring (bicyclic) bond motifs is 2. The quantitative estimate of drug-likeness (QED) is 0.585. The van der Waals surface area contributed by atoms with E-state index in [-0.39, 0.29) is 18.6 Å². The van der Waals surface area contributed by atoms with Crippen molar-refractivity contribution in [2.24, 2.45) is 11.8 Å². The SMILES string of the molecule is COc1cc(NC(=O)[C@H]2[C@H]3C(=O)N(Cc4ccc5c(c4)OCO5)C[C@@]34C=C[C@H]2O4)cc(OC)c1OC. The first kappa shape index (κ1) is 22.5. The lowest BCUT2D eigenvalue weighted by molar-refractivity contribution is -0.136. The average molecular weight is 495 g/mol. The van der Waals surface area contributed by atoms with Crippen LogP contribution in [0.4, 0.5) is 5.69 Å². The van der Waals surface area contributed by atoms with Crippen molar-refractivity contribution in [2.45, 2.75) is 18.2 Å². The van der Waals surface area contributed by atoms with Crippen LogP contribution in [0.1, 0.15) is 5.56 Å². The fourth-order valence-corrected chi connectivity index (χ4v) is 5.65. The third-order valence-electron chi connectivity index (χ3n) is 7.22. The summed E-state index contributed by atoms with van der Waals surface area (Å²) in [5.74, 6) is 0.931. The Morgan fingerprint density at radius 2 is 1.83 bits per heavy atom. The van der Waals surface area contributed by atoms with E-state index >= 15 is 0 Å². The van der Waals surface area contributed by atoms with E-state index in [9.17, 15) is 9.59 Å². The largest absolute Gasteiger partial charge is 0.493 e. The number of amides is 2. The smallest absolute Gasteiger partial charge is 0.231 e. The van der Waals surface area contributed by atoms with Crippen molar-refractivity contribution < 1.29 is 38.0 Å². The van der Waals surface area contributed by atoms with Gasteiger partial charge in [-0.05, 0) is 17.7 Å². The molecule has 36 heavy (non-hydrogen) atoms. The second kappa shape index (κ2) is 8.34. The first-order valence-electron chi connectivity index (χ1n) is 11.6. The average Bonchev–Trinajstić information content (AvgIpc) is 3.64. The number of hydrogen-bond donors (Lipinski definition) is 1. The summed E-state index contributed by atoms with van der Waals surface area (Å²) in [5.41, 5.74) is 0.578. The first-order valence-corrected chi connectivity index (χ1v) is 11.6. The maximum atomic E-state index is 13.6. The lowest BCUT2D eigenvalue weighted by atomic mass is 9.77. The molecule has 2 saturated heterocycles. The summed E-state index contributed by atoms with van der Waals surface area (Å²) in [4.78, 5) is 28.8. The number of carbonyl (C=O) groups excluding carboxylic acids is 2. The number of nitrogens with zero attached hydrogens (tertiary/aromatic N) is 1. The molecule has 2 aromatic rings. The van der Waals surface area contributed by atoms with Crippen LogP contribution in [0, 0.1) is 11.8 Å². The van der Waals surface area contributed by atoms with Gasteiger partial charge in [-0.2, -0.15) is 0 Å². The highest BCUT2D eigenvalue weighted by molar-refractivity contribution is 5.99. The molecule has 1 N–H and O–H groups in total. The van der Waals surface area contributed by atoms with Crippen LogP contribution in [0.3, 0.4) is 0 Å². The van der Waals surface area contributed by atoms with Crippen molar-refractivity contribution in [3.63, 3.8) is 0 Å². The maximum absolute atomic E-state index is 13.6. The van der Waals surface area contributed by atoms with Crippen molar-refractivity contribution in [1.29, 1.82) is 0 Å². The molecule has 1 spiro atoms. The normalized spacial score (nSPS) is 26.8. The Balaban J connectivity index is 1.23. The zero-order chi connectivity index (χ0) is 25.0. The van der Waals surface area contributed by atoms with Crippen LogP contribution in [0.2, 0.25) is 0 Å². The molecule has 10 heteroatoms. The molecule has 4 atom stereocenters. The predicted octanol–water partition coefficient (Wildman–Crippen LogP) is 2.36. The summed E-state index contributed by atoms with van der Waals surface area (Å²) in [6.45, 7) is 0.956. The molecule has 0 aromatic heterocycles. The van der Waals surface area contributed by atoms with E-state index in [1.165, 1.54) is 21.3 Å². The van der Waals surface area contributed by atoms with Crippen LogP contribution in [0.25, 0.3) is 0 Å². The Morgan fingerprint density at radius 3 is 2.56 bits per heavy atom. The van der Waals surface area contributed by atoms with E-state index in [2.05, 4.69) is 5.32 Å². The van der Waals surface area contributed by atoms with Gasteiger partial charge < -0.3 is 38.6 Å². The molecule has 0 aliphatic carbocycles. The molecule has 2 aromatic carbocycles. The van der Waals surface area contributed by atoms with Crippen molar-refractivity contribution in [3.8, 4) is 28.7 Å². The molecule has 2 amide bonds. The van der Waals surface area contributed by atoms with Gasteiger partial charge in [-0.25, -0.2) is 0 Å². The molecule has 4 aliphatic rings. The lowest BCUT2D eigenvalue weighted by Gasteiger charge is -2.24. The first-order chi connectivity index (χ1) is 17.5. The van der Waals surface area contributed by atoms with Gasteiger partial charge in [0.2, 0.25) is 24.4 Å². The fraction of sp³-hybridized carbons (Fsp3) is 0.385. The Kier molecular flexibility index (Phi) is 5.22. The number of hydrogen-bond acceptors (Lipinski definition) is 8. The van der Waals surface area contributed by atoms with Crippen LogP contribution in [-0.4, -0.2) is 63.1 Å². The van der Waals surface area contributed by atoms with Gasteiger partial charge in [0.15, 0.2) is 23.0 Å². The molecule has 2 bridgehead atoms. The van der Waals surface area contributed by atoms with E-state index in [0.29, 0.717) is 47.5 Å². The zero-order valence-corrected chi connectivity index (χ0v) is 20.1. The van der Waals surface area contributed by atoms with E-state index < -0.39 is 23.5 Å². The molecular weight excluding hydrogens is 468 g/mol. The Bertz CT molecular complexity index is 1250. The number of anilines is 1. The summed E-state index contributed by atoms with van der Waals surface area (Å²) in [6.07, 6.45) is 3.35. The van der Waals surface area contributed by atoms with Crippen LogP contribution in [0.5, 0.6) is 28.7 Å². The summed E-state index contributed by atoms with van der Waals surface area (Å²) < 4.78 is 33.2. The second-order valence-corrected chi connectivity index (χ2v) is 9.19. The van der Waals surface area contributed by atoms with Crippen LogP contribution in [-0.2, 0) is 20.9 Å². The van der Waals surface area contributed by atoms with Gasteiger partial charge >= 0.3 is 0 Å². The summed E-state index contributed by atoms with van der Waals surface area (Å²) >= 11 is 0. The van der Waals surface area contributed by atoms with E-state index in [1.807, 2.05) is 30.4 Å². The van der Waals surface area contributed by atoms with Crippen LogP contribution < -0.4 is 29.0 Å². The fourth-order valence-electron chi connectivity index (χ4n) is 5.65. The molecule has 4 aliphatic heterocycles. The molecule has 188 valence electrons. The van der Waals surface area contributed by atoms with Crippen molar-refractivity contribution in [2.75, 3.05) is 40.0 Å². The number of nitrogens with one attached hydrogen (secondary N) is 1. The molecule has 0 saturated carbocycles. The standard InChI is InChI=1S/C26H26N2O8/c1-31-19-9-15(10-20(32-2)23(19)33-3)27-24(29)21-17-6-7-26(36-17)12-28(25(30)22(21)26)11-14-4-5-16-18(8-14)35-13-34-16/h4-10,17,21-22H,11-13H2,1-3H3,(H,27,29)/t17-,21-,22+,26+/m1/s1.